The zero-order valence-electron chi connectivity index (χ0n) is 9.64. The van der Waals surface area contributed by atoms with Gasteiger partial charge in [-0.15, -0.1) is 5.10 Å². The summed E-state index contributed by atoms with van der Waals surface area (Å²) in [4.78, 5) is 23.4. The number of hydrogen-bond acceptors (Lipinski definition) is 4. The maximum Gasteiger partial charge on any atom is 0.274 e. The van der Waals surface area contributed by atoms with Crippen molar-refractivity contribution >= 4 is 11.8 Å². The van der Waals surface area contributed by atoms with Crippen LogP contribution in [0.15, 0.2) is 6.20 Å². The fourth-order valence-electron chi connectivity index (χ4n) is 1.76. The Bertz CT molecular complexity index is 428. The van der Waals surface area contributed by atoms with Crippen molar-refractivity contribution in [3.63, 3.8) is 0 Å². The summed E-state index contributed by atoms with van der Waals surface area (Å²) in [5, 5.41) is 12.8. The van der Waals surface area contributed by atoms with Crippen LogP contribution in [-0.2, 0) is 11.8 Å². The maximum atomic E-state index is 11.8. The van der Waals surface area contributed by atoms with Crippen LogP contribution in [0.1, 0.15) is 29.8 Å². The van der Waals surface area contributed by atoms with Crippen molar-refractivity contribution in [3.8, 4) is 0 Å². The van der Waals surface area contributed by atoms with E-state index in [0.717, 1.165) is 12.8 Å². The van der Waals surface area contributed by atoms with Crippen LogP contribution in [0.2, 0.25) is 0 Å². The van der Waals surface area contributed by atoms with Crippen molar-refractivity contribution in [1.29, 1.82) is 0 Å². The van der Waals surface area contributed by atoms with Gasteiger partial charge >= 0.3 is 0 Å². The van der Waals surface area contributed by atoms with Gasteiger partial charge < -0.3 is 10.6 Å². The normalized spacial score (nSPS) is 20.5. The standard InChI is InChI=1S/C10H15N5O2/c1-15-6-8(13-14-15)10(17)12-7-4-2-3-5-11-9(7)16/h6-7H,2-5H2,1H3,(H,11,16)(H,12,17). The largest absolute Gasteiger partial charge is 0.354 e. The molecule has 0 radical (unpaired) electrons. The van der Waals surface area contributed by atoms with E-state index >= 15 is 0 Å². The van der Waals surface area contributed by atoms with Crippen molar-refractivity contribution in [1.82, 2.24) is 25.6 Å². The lowest BCUT2D eigenvalue weighted by Crippen LogP contribution is -2.45. The van der Waals surface area contributed by atoms with Crippen LogP contribution in [0.4, 0.5) is 0 Å². The Hall–Kier alpha value is -1.92. The summed E-state index contributed by atoms with van der Waals surface area (Å²) in [5.41, 5.74) is 0.226. The summed E-state index contributed by atoms with van der Waals surface area (Å²) >= 11 is 0. The van der Waals surface area contributed by atoms with Gasteiger partial charge in [0.25, 0.3) is 5.91 Å². The second-order valence-corrected chi connectivity index (χ2v) is 4.09. The molecule has 7 nitrogen and oxygen atoms in total. The Morgan fingerprint density at radius 2 is 2.41 bits per heavy atom. The zero-order valence-corrected chi connectivity index (χ0v) is 9.64. The summed E-state index contributed by atoms with van der Waals surface area (Å²) in [6.45, 7) is 0.677. The molecule has 1 unspecified atom stereocenters. The molecular formula is C10H15N5O2. The summed E-state index contributed by atoms with van der Waals surface area (Å²) in [6.07, 6.45) is 4.05. The molecule has 1 atom stereocenters. The van der Waals surface area contributed by atoms with Crippen molar-refractivity contribution < 1.29 is 9.59 Å². The first-order valence-electron chi connectivity index (χ1n) is 5.62. The van der Waals surface area contributed by atoms with E-state index in [1.807, 2.05) is 0 Å². The number of aryl methyl sites for hydroxylation is 1. The van der Waals surface area contributed by atoms with Crippen LogP contribution < -0.4 is 10.6 Å². The third-order valence-electron chi connectivity index (χ3n) is 2.68. The molecule has 0 bridgehead atoms. The van der Waals surface area contributed by atoms with Gasteiger partial charge in [0.05, 0.1) is 6.20 Å². The first-order chi connectivity index (χ1) is 8.16. The van der Waals surface area contributed by atoms with Gasteiger partial charge in [-0.3, -0.25) is 14.3 Å². The summed E-state index contributed by atoms with van der Waals surface area (Å²) in [6, 6.07) is -0.466. The summed E-state index contributed by atoms with van der Waals surface area (Å²) in [5.74, 6) is -0.486. The quantitative estimate of drug-likeness (QED) is 0.705. The number of amides is 2. The van der Waals surface area contributed by atoms with Gasteiger partial charge in [0.2, 0.25) is 5.91 Å². The van der Waals surface area contributed by atoms with Gasteiger partial charge in [-0.2, -0.15) is 0 Å². The van der Waals surface area contributed by atoms with Crippen LogP contribution >= 0.6 is 0 Å². The topological polar surface area (TPSA) is 88.9 Å². The Morgan fingerprint density at radius 1 is 1.59 bits per heavy atom. The maximum absolute atomic E-state index is 11.8. The highest BCUT2D eigenvalue weighted by atomic mass is 16.2. The van der Waals surface area contributed by atoms with Crippen LogP contribution in [-0.4, -0.2) is 39.4 Å². The molecule has 92 valence electrons. The van der Waals surface area contributed by atoms with Gasteiger partial charge in [0.15, 0.2) is 5.69 Å². The van der Waals surface area contributed by atoms with E-state index < -0.39 is 6.04 Å². The molecule has 2 heterocycles. The lowest BCUT2D eigenvalue weighted by atomic mass is 10.1. The highest BCUT2D eigenvalue weighted by molar-refractivity contribution is 5.95. The number of nitrogens with one attached hydrogen (secondary N) is 2. The first kappa shape index (κ1) is 11.6. The average molecular weight is 237 g/mol. The fraction of sp³-hybridized carbons (Fsp3) is 0.600. The predicted octanol–water partition coefficient (Wildman–Crippen LogP) is -0.786. The molecule has 2 N–H and O–H groups in total. The van der Waals surface area contributed by atoms with E-state index in [-0.39, 0.29) is 17.5 Å². The summed E-state index contributed by atoms with van der Waals surface area (Å²) in [7, 11) is 1.68. The molecule has 17 heavy (non-hydrogen) atoms. The zero-order chi connectivity index (χ0) is 12.3. The van der Waals surface area contributed by atoms with E-state index in [4.69, 9.17) is 0 Å². The van der Waals surface area contributed by atoms with Gasteiger partial charge in [0.1, 0.15) is 6.04 Å². The molecule has 7 heteroatoms. The molecule has 1 aliphatic rings. The monoisotopic (exact) mass is 237 g/mol. The molecule has 1 saturated heterocycles. The minimum absolute atomic E-state index is 0.125. The van der Waals surface area contributed by atoms with E-state index in [0.29, 0.717) is 13.0 Å². The van der Waals surface area contributed by atoms with Crippen LogP contribution in [0.25, 0.3) is 0 Å². The highest BCUT2D eigenvalue weighted by Crippen LogP contribution is 2.06. The van der Waals surface area contributed by atoms with Crippen LogP contribution in [0, 0.1) is 0 Å². The van der Waals surface area contributed by atoms with E-state index in [1.54, 1.807) is 7.05 Å². The molecule has 2 rings (SSSR count). The number of nitrogens with zero attached hydrogens (tertiary/aromatic N) is 3. The minimum Gasteiger partial charge on any atom is -0.354 e. The van der Waals surface area contributed by atoms with Gasteiger partial charge in [0, 0.05) is 13.6 Å². The van der Waals surface area contributed by atoms with Gasteiger partial charge in [-0.05, 0) is 19.3 Å². The molecule has 1 aromatic rings. The molecule has 2 amide bonds. The third-order valence-corrected chi connectivity index (χ3v) is 2.68. The molecule has 1 aliphatic heterocycles. The average Bonchev–Trinajstić information content (AvgIpc) is 2.63. The molecule has 1 aromatic heterocycles. The molecule has 0 spiro atoms. The first-order valence-corrected chi connectivity index (χ1v) is 5.62. The molecular weight excluding hydrogens is 222 g/mol. The number of carbonyl (C=O) groups excluding carboxylic acids is 2. The fourth-order valence-corrected chi connectivity index (χ4v) is 1.76. The predicted molar refractivity (Wildman–Crippen MR) is 59.1 cm³/mol. The Kier molecular flexibility index (Phi) is 3.36. The van der Waals surface area contributed by atoms with Crippen LogP contribution in [0.5, 0.6) is 0 Å². The number of carbonyl (C=O) groups is 2. The van der Waals surface area contributed by atoms with Crippen molar-refractivity contribution in [3.05, 3.63) is 11.9 Å². The van der Waals surface area contributed by atoms with E-state index in [9.17, 15) is 9.59 Å². The minimum atomic E-state index is -0.466. The Morgan fingerprint density at radius 3 is 3.12 bits per heavy atom. The van der Waals surface area contributed by atoms with E-state index in [2.05, 4.69) is 20.9 Å². The smallest absolute Gasteiger partial charge is 0.274 e. The lowest BCUT2D eigenvalue weighted by Gasteiger charge is -2.13. The van der Waals surface area contributed by atoms with Crippen molar-refractivity contribution in [2.75, 3.05) is 6.54 Å². The van der Waals surface area contributed by atoms with Crippen LogP contribution in [0.3, 0.4) is 0 Å². The number of hydrogen-bond donors (Lipinski definition) is 2. The number of rotatable bonds is 2. The summed E-state index contributed by atoms with van der Waals surface area (Å²) < 4.78 is 1.45. The Labute approximate surface area is 98.6 Å². The molecule has 0 aromatic carbocycles. The highest BCUT2D eigenvalue weighted by Gasteiger charge is 2.23. The Balaban J connectivity index is 1.99. The second kappa shape index (κ2) is 4.94. The molecule has 0 saturated carbocycles. The third kappa shape index (κ3) is 2.80. The van der Waals surface area contributed by atoms with Crippen molar-refractivity contribution in [2.24, 2.45) is 7.05 Å². The van der Waals surface area contributed by atoms with E-state index in [1.165, 1.54) is 10.9 Å². The van der Waals surface area contributed by atoms with Gasteiger partial charge in [-0.1, -0.05) is 5.21 Å². The lowest BCUT2D eigenvalue weighted by molar-refractivity contribution is -0.122. The van der Waals surface area contributed by atoms with Crippen molar-refractivity contribution in [2.45, 2.75) is 25.3 Å². The number of aromatic nitrogens is 3. The molecule has 0 aliphatic carbocycles. The molecule has 1 fully saturated rings. The SMILES string of the molecule is Cn1cc(C(=O)NC2CCCCNC2=O)nn1. The second-order valence-electron chi connectivity index (χ2n) is 4.09. The van der Waals surface area contributed by atoms with Gasteiger partial charge in [-0.25, -0.2) is 0 Å².